The highest BCUT2D eigenvalue weighted by Crippen LogP contribution is 2.48. The Labute approximate surface area is 160 Å². The molecule has 2 aliphatic carbocycles. The molecular formula is C18H27FIN3O. The van der Waals surface area contributed by atoms with Crippen molar-refractivity contribution in [3.05, 3.63) is 35.6 Å². The van der Waals surface area contributed by atoms with E-state index in [2.05, 4.69) is 15.6 Å². The van der Waals surface area contributed by atoms with Gasteiger partial charge in [-0.3, -0.25) is 4.99 Å². The third kappa shape index (κ3) is 4.39. The maximum Gasteiger partial charge on any atom is 0.191 e. The zero-order chi connectivity index (χ0) is 16.3. The van der Waals surface area contributed by atoms with Crippen LogP contribution in [0, 0.1) is 11.2 Å². The number of benzene rings is 1. The lowest BCUT2D eigenvalue weighted by atomic mass is 9.95. The number of guanidine groups is 1. The lowest BCUT2D eigenvalue weighted by Gasteiger charge is -2.20. The number of aliphatic hydroxyl groups is 1. The van der Waals surface area contributed by atoms with Gasteiger partial charge in [-0.2, -0.15) is 0 Å². The summed E-state index contributed by atoms with van der Waals surface area (Å²) in [6, 6.07) is 7.06. The van der Waals surface area contributed by atoms with Crippen LogP contribution in [0.2, 0.25) is 0 Å². The number of nitrogens with zero attached hydrogens (tertiary/aromatic N) is 1. The first-order valence-corrected chi connectivity index (χ1v) is 8.51. The van der Waals surface area contributed by atoms with E-state index in [0.717, 1.165) is 43.8 Å². The Morgan fingerprint density at radius 1 is 1.21 bits per heavy atom. The van der Waals surface area contributed by atoms with Crippen molar-refractivity contribution in [1.29, 1.82) is 0 Å². The van der Waals surface area contributed by atoms with E-state index >= 15 is 0 Å². The Bertz CT molecular complexity index is 585. The summed E-state index contributed by atoms with van der Waals surface area (Å²) in [6.07, 6.45) is 4.10. The van der Waals surface area contributed by atoms with Gasteiger partial charge in [0.15, 0.2) is 5.96 Å². The first kappa shape index (κ1) is 19.4. The largest absolute Gasteiger partial charge is 0.396 e. The summed E-state index contributed by atoms with van der Waals surface area (Å²) in [4.78, 5) is 4.61. The van der Waals surface area contributed by atoms with E-state index in [1.807, 2.05) is 19.1 Å². The molecule has 0 bridgehead atoms. The van der Waals surface area contributed by atoms with Crippen LogP contribution in [-0.4, -0.2) is 37.3 Å². The van der Waals surface area contributed by atoms with Crippen LogP contribution in [0.4, 0.5) is 4.39 Å². The molecule has 3 rings (SSSR count). The molecular weight excluding hydrogens is 420 g/mol. The zero-order valence-electron chi connectivity index (χ0n) is 14.1. The Balaban J connectivity index is 0.00000208. The van der Waals surface area contributed by atoms with Gasteiger partial charge in [0.25, 0.3) is 0 Å². The summed E-state index contributed by atoms with van der Waals surface area (Å²) >= 11 is 0. The fourth-order valence-electron chi connectivity index (χ4n) is 2.97. The second-order valence-electron chi connectivity index (χ2n) is 6.97. The van der Waals surface area contributed by atoms with Gasteiger partial charge in [0.2, 0.25) is 0 Å². The van der Waals surface area contributed by atoms with E-state index in [4.69, 9.17) is 0 Å². The Morgan fingerprint density at radius 2 is 1.92 bits per heavy atom. The molecule has 3 N–H and O–H groups in total. The maximum atomic E-state index is 14.1. The monoisotopic (exact) mass is 447 g/mol. The highest BCUT2D eigenvalue weighted by atomic mass is 127. The molecule has 6 heteroatoms. The number of hydrogen-bond donors (Lipinski definition) is 3. The predicted octanol–water partition coefficient (Wildman–Crippen LogP) is 2.80. The van der Waals surface area contributed by atoms with Crippen LogP contribution in [-0.2, 0) is 5.41 Å². The van der Waals surface area contributed by atoms with Gasteiger partial charge in [0.05, 0.1) is 13.2 Å². The molecule has 0 aromatic heterocycles. The molecule has 0 saturated heterocycles. The summed E-state index contributed by atoms with van der Waals surface area (Å²) in [6.45, 7) is 4.34. The van der Waals surface area contributed by atoms with Gasteiger partial charge >= 0.3 is 0 Å². The van der Waals surface area contributed by atoms with Crippen molar-refractivity contribution < 1.29 is 9.50 Å². The molecule has 1 aromatic rings. The molecule has 4 nitrogen and oxygen atoms in total. The van der Waals surface area contributed by atoms with Crippen LogP contribution >= 0.6 is 24.0 Å². The van der Waals surface area contributed by atoms with Gasteiger partial charge in [-0.05, 0) is 44.2 Å². The van der Waals surface area contributed by atoms with Gasteiger partial charge in [-0.25, -0.2) is 4.39 Å². The zero-order valence-corrected chi connectivity index (χ0v) is 16.5. The molecule has 2 fully saturated rings. The molecule has 1 aromatic carbocycles. The minimum absolute atomic E-state index is 0. The topological polar surface area (TPSA) is 56.7 Å². The summed E-state index contributed by atoms with van der Waals surface area (Å²) in [5.41, 5.74) is 0.707. The van der Waals surface area contributed by atoms with Crippen LogP contribution < -0.4 is 10.6 Å². The number of aliphatic hydroxyl groups excluding tert-OH is 1. The number of rotatable bonds is 7. The molecule has 0 aliphatic heterocycles. The standard InChI is InChI=1S/C18H26FN3O.HI/c1-2-20-16(21-11-17(13-23)7-8-17)22-12-18(9-10-18)14-5-3-4-6-15(14)19;/h3-6,23H,2,7-13H2,1H3,(H2,20,21,22);1H. The molecule has 24 heavy (non-hydrogen) atoms. The lowest BCUT2D eigenvalue weighted by molar-refractivity contribution is 0.217. The van der Waals surface area contributed by atoms with E-state index in [1.165, 1.54) is 6.07 Å². The highest BCUT2D eigenvalue weighted by molar-refractivity contribution is 14.0. The molecule has 0 radical (unpaired) electrons. The molecule has 0 atom stereocenters. The third-order valence-electron chi connectivity index (χ3n) is 5.10. The van der Waals surface area contributed by atoms with Crippen LogP contribution in [0.15, 0.2) is 29.3 Å². The molecule has 2 saturated carbocycles. The first-order valence-electron chi connectivity index (χ1n) is 8.51. The van der Waals surface area contributed by atoms with Crippen molar-refractivity contribution in [3.63, 3.8) is 0 Å². The quantitative estimate of drug-likeness (QED) is 0.343. The van der Waals surface area contributed by atoms with Crippen molar-refractivity contribution in [2.24, 2.45) is 10.4 Å². The lowest BCUT2D eigenvalue weighted by Crippen LogP contribution is -2.41. The first-order chi connectivity index (χ1) is 11.1. The average Bonchev–Trinajstić information content (AvgIpc) is 3.47. The van der Waals surface area contributed by atoms with Crippen molar-refractivity contribution in [1.82, 2.24) is 10.6 Å². The van der Waals surface area contributed by atoms with Crippen LogP contribution in [0.5, 0.6) is 0 Å². The van der Waals surface area contributed by atoms with E-state index in [0.29, 0.717) is 13.1 Å². The Kier molecular flexibility index (Phi) is 6.47. The molecule has 0 heterocycles. The fraction of sp³-hybridized carbons (Fsp3) is 0.611. The normalized spacial score (nSPS) is 20.0. The number of aliphatic imine (C=N–C) groups is 1. The maximum absolute atomic E-state index is 14.1. The second-order valence-corrected chi connectivity index (χ2v) is 6.97. The van der Waals surface area contributed by atoms with E-state index in [9.17, 15) is 9.50 Å². The van der Waals surface area contributed by atoms with E-state index in [1.54, 1.807) is 6.07 Å². The molecule has 0 spiro atoms. The van der Waals surface area contributed by atoms with Crippen molar-refractivity contribution in [2.75, 3.05) is 26.2 Å². The van der Waals surface area contributed by atoms with Gasteiger partial charge in [-0.15, -0.1) is 24.0 Å². The van der Waals surface area contributed by atoms with Crippen LogP contribution in [0.1, 0.15) is 38.2 Å². The highest BCUT2D eigenvalue weighted by Gasteiger charge is 2.46. The predicted molar refractivity (Wildman–Crippen MR) is 105 cm³/mol. The second kappa shape index (κ2) is 7.99. The van der Waals surface area contributed by atoms with Crippen molar-refractivity contribution >= 4 is 29.9 Å². The summed E-state index contributed by atoms with van der Waals surface area (Å²) < 4.78 is 14.1. The van der Waals surface area contributed by atoms with Gasteiger partial charge in [-0.1, -0.05) is 18.2 Å². The smallest absolute Gasteiger partial charge is 0.191 e. The van der Waals surface area contributed by atoms with E-state index in [-0.39, 0.29) is 47.2 Å². The minimum atomic E-state index is -0.119. The van der Waals surface area contributed by atoms with Crippen LogP contribution in [0.25, 0.3) is 0 Å². The molecule has 134 valence electrons. The molecule has 0 amide bonds. The van der Waals surface area contributed by atoms with Gasteiger partial charge < -0.3 is 15.7 Å². The number of nitrogens with one attached hydrogen (secondary N) is 2. The molecule has 2 aliphatic rings. The molecule has 0 unspecified atom stereocenters. The third-order valence-corrected chi connectivity index (χ3v) is 5.10. The Hall–Kier alpha value is -0.890. The van der Waals surface area contributed by atoms with Gasteiger partial charge in [0, 0.05) is 23.9 Å². The van der Waals surface area contributed by atoms with Gasteiger partial charge in [0.1, 0.15) is 5.82 Å². The number of hydrogen-bond acceptors (Lipinski definition) is 2. The fourth-order valence-corrected chi connectivity index (χ4v) is 2.97. The number of halogens is 2. The summed E-state index contributed by atoms with van der Waals surface area (Å²) in [7, 11) is 0. The van der Waals surface area contributed by atoms with Crippen molar-refractivity contribution in [3.8, 4) is 0 Å². The van der Waals surface area contributed by atoms with Crippen molar-refractivity contribution in [2.45, 2.75) is 38.0 Å². The summed E-state index contributed by atoms with van der Waals surface area (Å²) in [5.74, 6) is 0.640. The Morgan fingerprint density at radius 3 is 2.46 bits per heavy atom. The van der Waals surface area contributed by atoms with E-state index < -0.39 is 0 Å². The summed E-state index contributed by atoms with van der Waals surface area (Å²) in [5, 5.41) is 16.0. The minimum Gasteiger partial charge on any atom is -0.396 e. The average molecular weight is 447 g/mol. The SMILES string of the molecule is CCNC(=NCC1(CO)CC1)NCC1(c2ccccc2F)CC1.I. The van der Waals surface area contributed by atoms with Crippen LogP contribution in [0.3, 0.4) is 0 Å².